The van der Waals surface area contributed by atoms with Crippen LogP contribution in [0.1, 0.15) is 43.1 Å². The van der Waals surface area contributed by atoms with Gasteiger partial charge in [-0.2, -0.15) is 0 Å². The van der Waals surface area contributed by atoms with Crippen LogP contribution < -0.4 is 10.1 Å². The summed E-state index contributed by atoms with van der Waals surface area (Å²) in [5.41, 5.74) is 1.36. The van der Waals surface area contributed by atoms with Crippen molar-refractivity contribution in [2.45, 2.75) is 39.8 Å². The Morgan fingerprint density at radius 1 is 1.33 bits per heavy atom. The molecule has 1 aromatic rings. The van der Waals surface area contributed by atoms with E-state index in [4.69, 9.17) is 4.74 Å². The number of ether oxygens (including phenoxy) is 1. The largest absolute Gasteiger partial charge is 0.496 e. The number of carbonyl (C=O) groups is 2. The molecular formula is C16H23NO4. The van der Waals surface area contributed by atoms with Crippen molar-refractivity contribution < 1.29 is 19.4 Å². The lowest BCUT2D eigenvalue weighted by Crippen LogP contribution is -2.37. The van der Waals surface area contributed by atoms with Crippen LogP contribution in [0.2, 0.25) is 0 Å². The zero-order chi connectivity index (χ0) is 16.0. The number of carboxylic acids is 1. The number of ketones is 1. The molecule has 0 heterocycles. The molecule has 0 saturated heterocycles. The first-order valence-corrected chi connectivity index (χ1v) is 6.99. The number of hydrogen-bond acceptors (Lipinski definition) is 4. The van der Waals surface area contributed by atoms with E-state index in [1.54, 1.807) is 25.3 Å². The monoisotopic (exact) mass is 293 g/mol. The lowest BCUT2D eigenvalue weighted by Gasteiger charge is -2.18. The third-order valence-corrected chi connectivity index (χ3v) is 3.23. The molecule has 1 unspecified atom stereocenters. The van der Waals surface area contributed by atoms with Crippen LogP contribution in [0, 0.1) is 5.92 Å². The summed E-state index contributed by atoms with van der Waals surface area (Å²) in [6.07, 6.45) is 0.546. The highest BCUT2D eigenvalue weighted by Crippen LogP contribution is 2.20. The minimum Gasteiger partial charge on any atom is -0.496 e. The molecule has 5 nitrogen and oxygen atoms in total. The lowest BCUT2D eigenvalue weighted by molar-refractivity contribution is -0.140. The highest BCUT2D eigenvalue weighted by molar-refractivity contribution is 5.94. The second kappa shape index (κ2) is 7.78. The van der Waals surface area contributed by atoms with Gasteiger partial charge in [-0.25, -0.2) is 0 Å². The van der Waals surface area contributed by atoms with Crippen LogP contribution in [0.3, 0.4) is 0 Å². The Balaban J connectivity index is 2.87. The molecule has 1 aromatic carbocycles. The van der Waals surface area contributed by atoms with Gasteiger partial charge in [-0.1, -0.05) is 13.8 Å². The minimum atomic E-state index is -0.870. The standard InChI is InChI=1S/C16H23NO4/c1-10(2)7-14(16(19)20)17-9-13-8-12(11(3)18)5-6-15(13)21-4/h5-6,8,10,14,17H,7,9H2,1-4H3,(H,19,20). The number of methoxy groups -OCH3 is 1. The summed E-state index contributed by atoms with van der Waals surface area (Å²) in [4.78, 5) is 22.7. The van der Waals surface area contributed by atoms with Gasteiger partial charge in [0.2, 0.25) is 0 Å². The summed E-state index contributed by atoms with van der Waals surface area (Å²) in [5, 5.41) is 12.2. The first-order chi connectivity index (χ1) is 9.85. The van der Waals surface area contributed by atoms with Crippen LogP contribution in [0.4, 0.5) is 0 Å². The average Bonchev–Trinajstić information content (AvgIpc) is 2.42. The fourth-order valence-corrected chi connectivity index (χ4v) is 2.11. The number of carbonyl (C=O) groups excluding carboxylic acids is 1. The van der Waals surface area contributed by atoms with E-state index in [2.05, 4.69) is 5.32 Å². The van der Waals surface area contributed by atoms with Crippen molar-refractivity contribution in [3.05, 3.63) is 29.3 Å². The van der Waals surface area contributed by atoms with Crippen molar-refractivity contribution in [2.75, 3.05) is 7.11 Å². The maximum atomic E-state index is 11.4. The molecule has 0 fully saturated rings. The number of rotatable bonds is 8. The Morgan fingerprint density at radius 3 is 2.48 bits per heavy atom. The van der Waals surface area contributed by atoms with Crippen LogP contribution in [-0.2, 0) is 11.3 Å². The Labute approximate surface area is 125 Å². The Hall–Kier alpha value is -1.88. The fraction of sp³-hybridized carbons (Fsp3) is 0.500. The van der Waals surface area contributed by atoms with Gasteiger partial charge in [-0.3, -0.25) is 9.59 Å². The molecule has 0 amide bonds. The van der Waals surface area contributed by atoms with Crippen molar-refractivity contribution in [1.29, 1.82) is 0 Å². The van der Waals surface area contributed by atoms with Crippen molar-refractivity contribution in [1.82, 2.24) is 5.32 Å². The van der Waals surface area contributed by atoms with Gasteiger partial charge in [-0.15, -0.1) is 0 Å². The van der Waals surface area contributed by atoms with Crippen LogP contribution >= 0.6 is 0 Å². The molecule has 5 heteroatoms. The summed E-state index contributed by atoms with van der Waals surface area (Å²) in [7, 11) is 1.55. The van der Waals surface area contributed by atoms with Crippen LogP contribution in [-0.4, -0.2) is 30.0 Å². The average molecular weight is 293 g/mol. The molecule has 0 aliphatic rings. The number of benzene rings is 1. The van der Waals surface area contributed by atoms with E-state index in [0.29, 0.717) is 24.3 Å². The topological polar surface area (TPSA) is 75.6 Å². The second-order valence-corrected chi connectivity index (χ2v) is 5.48. The Kier molecular flexibility index (Phi) is 6.37. The van der Waals surface area contributed by atoms with Gasteiger partial charge in [0.25, 0.3) is 0 Å². The van der Waals surface area contributed by atoms with Crippen LogP contribution in [0.15, 0.2) is 18.2 Å². The number of carboxylic acid groups (broad SMARTS) is 1. The molecule has 1 rings (SSSR count). The lowest BCUT2D eigenvalue weighted by atomic mass is 10.0. The van der Waals surface area contributed by atoms with Gasteiger partial charge < -0.3 is 15.2 Å². The summed E-state index contributed by atoms with van der Waals surface area (Å²) in [6.45, 7) is 5.80. The van der Waals surface area contributed by atoms with E-state index in [1.165, 1.54) is 6.92 Å². The normalized spacial score (nSPS) is 12.2. The summed E-state index contributed by atoms with van der Waals surface area (Å²) in [5.74, 6) is 0.0199. The molecule has 116 valence electrons. The fourth-order valence-electron chi connectivity index (χ4n) is 2.11. The number of Topliss-reactive ketones (excluding diaryl/α,β-unsaturated/α-hetero) is 1. The molecule has 0 spiro atoms. The number of hydrogen-bond donors (Lipinski definition) is 2. The minimum absolute atomic E-state index is 0.0316. The molecule has 0 radical (unpaired) electrons. The first-order valence-electron chi connectivity index (χ1n) is 6.99. The maximum Gasteiger partial charge on any atom is 0.320 e. The second-order valence-electron chi connectivity index (χ2n) is 5.48. The molecular weight excluding hydrogens is 270 g/mol. The highest BCUT2D eigenvalue weighted by atomic mass is 16.5. The number of aliphatic carboxylic acids is 1. The van der Waals surface area contributed by atoms with Gasteiger partial charge >= 0.3 is 5.97 Å². The molecule has 0 aliphatic carbocycles. The molecule has 2 N–H and O–H groups in total. The van der Waals surface area contributed by atoms with Gasteiger partial charge in [0.05, 0.1) is 7.11 Å². The van der Waals surface area contributed by atoms with Crippen LogP contribution in [0.5, 0.6) is 5.75 Å². The molecule has 0 aliphatic heterocycles. The molecule has 1 atom stereocenters. The van der Waals surface area contributed by atoms with Crippen molar-refractivity contribution in [3.8, 4) is 5.75 Å². The van der Waals surface area contributed by atoms with E-state index < -0.39 is 12.0 Å². The van der Waals surface area contributed by atoms with E-state index in [-0.39, 0.29) is 11.7 Å². The van der Waals surface area contributed by atoms with Crippen LogP contribution in [0.25, 0.3) is 0 Å². The van der Waals surface area contributed by atoms with E-state index in [9.17, 15) is 14.7 Å². The third kappa shape index (κ3) is 5.19. The van der Waals surface area contributed by atoms with Gasteiger partial charge in [-0.05, 0) is 37.5 Å². The molecule has 0 saturated carbocycles. The molecule has 0 aromatic heterocycles. The quantitative estimate of drug-likeness (QED) is 0.720. The van der Waals surface area contributed by atoms with Gasteiger partial charge in [0.1, 0.15) is 11.8 Å². The Bertz CT molecular complexity index is 511. The maximum absolute atomic E-state index is 11.4. The van der Waals surface area contributed by atoms with E-state index >= 15 is 0 Å². The highest BCUT2D eigenvalue weighted by Gasteiger charge is 2.19. The zero-order valence-electron chi connectivity index (χ0n) is 13.0. The molecule has 21 heavy (non-hydrogen) atoms. The number of nitrogens with one attached hydrogen (secondary N) is 1. The van der Waals surface area contributed by atoms with Crippen molar-refractivity contribution in [2.24, 2.45) is 5.92 Å². The van der Waals surface area contributed by atoms with Crippen molar-refractivity contribution >= 4 is 11.8 Å². The molecule has 0 bridgehead atoms. The van der Waals surface area contributed by atoms with Gasteiger partial charge in [0.15, 0.2) is 5.78 Å². The Morgan fingerprint density at radius 2 is 2.00 bits per heavy atom. The first kappa shape index (κ1) is 17.2. The predicted octanol–water partition coefficient (Wildman–Crippen LogP) is 2.49. The summed E-state index contributed by atoms with van der Waals surface area (Å²) in [6, 6.07) is 4.55. The third-order valence-electron chi connectivity index (χ3n) is 3.23. The van der Waals surface area contributed by atoms with E-state index in [0.717, 1.165) is 5.56 Å². The summed E-state index contributed by atoms with van der Waals surface area (Å²) >= 11 is 0. The van der Waals surface area contributed by atoms with E-state index in [1.807, 2.05) is 13.8 Å². The van der Waals surface area contributed by atoms with Gasteiger partial charge in [0, 0.05) is 17.7 Å². The zero-order valence-corrected chi connectivity index (χ0v) is 13.0. The van der Waals surface area contributed by atoms with Crippen molar-refractivity contribution in [3.63, 3.8) is 0 Å². The SMILES string of the molecule is COc1ccc(C(C)=O)cc1CNC(CC(C)C)C(=O)O. The smallest absolute Gasteiger partial charge is 0.320 e. The predicted molar refractivity (Wildman–Crippen MR) is 80.7 cm³/mol. The summed E-state index contributed by atoms with van der Waals surface area (Å²) < 4.78 is 5.26.